The predicted molar refractivity (Wildman–Crippen MR) is 113 cm³/mol. The van der Waals surface area contributed by atoms with Crippen LogP contribution in [0, 0.1) is 5.92 Å². The molecule has 156 valence electrons. The zero-order chi connectivity index (χ0) is 20.9. The Morgan fingerprint density at radius 1 is 1.03 bits per heavy atom. The molecular weight excluding hydrogens is 382 g/mol. The van der Waals surface area contributed by atoms with E-state index in [1.807, 2.05) is 42.5 Å². The molecular formula is C23H25N3O4. The first-order valence-electron chi connectivity index (χ1n) is 10.2. The van der Waals surface area contributed by atoms with Crippen molar-refractivity contribution in [2.75, 3.05) is 36.5 Å². The summed E-state index contributed by atoms with van der Waals surface area (Å²) in [7, 11) is 0. The van der Waals surface area contributed by atoms with Crippen LogP contribution in [0.15, 0.2) is 54.6 Å². The molecule has 7 heteroatoms. The van der Waals surface area contributed by atoms with Gasteiger partial charge in [-0.2, -0.15) is 0 Å². The number of anilines is 2. The summed E-state index contributed by atoms with van der Waals surface area (Å²) < 4.78 is 5.36. The molecule has 0 saturated carbocycles. The molecule has 4 rings (SSSR count). The van der Waals surface area contributed by atoms with E-state index in [9.17, 15) is 14.4 Å². The van der Waals surface area contributed by atoms with Crippen molar-refractivity contribution in [3.8, 4) is 0 Å². The lowest BCUT2D eigenvalue weighted by Gasteiger charge is -2.29. The zero-order valence-electron chi connectivity index (χ0n) is 16.7. The highest BCUT2D eigenvalue weighted by atomic mass is 16.5. The van der Waals surface area contributed by atoms with Gasteiger partial charge < -0.3 is 20.3 Å². The molecule has 0 spiro atoms. The first kappa shape index (κ1) is 20.1. The molecule has 2 N–H and O–H groups in total. The van der Waals surface area contributed by atoms with Crippen molar-refractivity contribution in [3.63, 3.8) is 0 Å². The molecule has 2 fully saturated rings. The average molecular weight is 407 g/mol. The predicted octanol–water partition coefficient (Wildman–Crippen LogP) is 1.78. The zero-order valence-corrected chi connectivity index (χ0v) is 16.7. The van der Waals surface area contributed by atoms with Gasteiger partial charge in [0.15, 0.2) is 11.7 Å². The van der Waals surface area contributed by atoms with E-state index in [1.165, 1.54) is 0 Å². The normalized spacial score (nSPS) is 21.8. The second kappa shape index (κ2) is 9.09. The number of morpholine rings is 1. The Hall–Kier alpha value is -3.19. The van der Waals surface area contributed by atoms with E-state index in [1.54, 1.807) is 12.1 Å². The minimum atomic E-state index is -1.31. The molecule has 2 unspecified atom stereocenters. The van der Waals surface area contributed by atoms with Crippen molar-refractivity contribution in [1.82, 2.24) is 5.32 Å². The number of benzene rings is 2. The number of hydrogen-bond donors (Lipinski definition) is 2. The number of ether oxygens (including phenoxy) is 1. The smallest absolute Gasteiger partial charge is 0.244 e. The van der Waals surface area contributed by atoms with E-state index < -0.39 is 17.7 Å². The Labute approximate surface area is 175 Å². The van der Waals surface area contributed by atoms with Crippen molar-refractivity contribution in [1.29, 1.82) is 0 Å². The average Bonchev–Trinajstić information content (AvgIpc) is 2.75. The lowest BCUT2D eigenvalue weighted by Crippen LogP contribution is -2.53. The molecule has 2 aromatic carbocycles. The van der Waals surface area contributed by atoms with Crippen molar-refractivity contribution in [2.24, 2.45) is 5.92 Å². The summed E-state index contributed by atoms with van der Waals surface area (Å²) in [6, 6.07) is 16.8. The molecule has 2 aliphatic heterocycles. The topological polar surface area (TPSA) is 87.7 Å². The minimum Gasteiger partial charge on any atom is -0.378 e. The Morgan fingerprint density at radius 2 is 1.73 bits per heavy atom. The van der Waals surface area contributed by atoms with Gasteiger partial charge in [0.05, 0.1) is 13.2 Å². The summed E-state index contributed by atoms with van der Waals surface area (Å²) in [5.41, 5.74) is 2.65. The highest BCUT2D eigenvalue weighted by molar-refractivity contribution is 6.22. The monoisotopic (exact) mass is 407 g/mol. The number of piperidine rings is 1. The van der Waals surface area contributed by atoms with E-state index >= 15 is 0 Å². The number of nitrogens with one attached hydrogen (secondary N) is 2. The fourth-order valence-corrected chi connectivity index (χ4v) is 3.92. The first-order chi connectivity index (χ1) is 14.6. The van der Waals surface area contributed by atoms with E-state index in [2.05, 4.69) is 15.5 Å². The SMILES string of the molecule is O=C1CC(Cc2ccccc2)NC(=O)C1C(=O)Nc1ccc(N2CCOCC2)cc1. The second-order valence-corrected chi connectivity index (χ2v) is 7.63. The summed E-state index contributed by atoms with van der Waals surface area (Å²) in [6.45, 7) is 3.05. The number of rotatable bonds is 5. The van der Waals surface area contributed by atoms with Gasteiger partial charge in [0.2, 0.25) is 11.8 Å². The van der Waals surface area contributed by atoms with Crippen LogP contribution in [0.3, 0.4) is 0 Å². The lowest BCUT2D eigenvalue weighted by molar-refractivity contribution is -0.143. The highest BCUT2D eigenvalue weighted by Gasteiger charge is 2.40. The Morgan fingerprint density at radius 3 is 2.40 bits per heavy atom. The Bertz CT molecular complexity index is 890. The van der Waals surface area contributed by atoms with E-state index in [0.29, 0.717) is 25.3 Å². The standard InChI is InChI=1S/C23H25N3O4/c27-20-15-18(14-16-4-2-1-3-5-16)25-23(29)21(20)22(28)24-17-6-8-19(9-7-17)26-10-12-30-13-11-26/h1-9,18,21H,10-15H2,(H,24,28)(H,25,29). The van der Waals surface area contributed by atoms with Crippen LogP contribution in [-0.4, -0.2) is 49.9 Å². The van der Waals surface area contributed by atoms with Gasteiger partial charge >= 0.3 is 0 Å². The summed E-state index contributed by atoms with van der Waals surface area (Å²) >= 11 is 0. The number of ketones is 1. The van der Waals surface area contributed by atoms with E-state index in [4.69, 9.17) is 4.74 Å². The quantitative estimate of drug-likeness (QED) is 0.738. The van der Waals surface area contributed by atoms with Crippen molar-refractivity contribution in [2.45, 2.75) is 18.9 Å². The molecule has 30 heavy (non-hydrogen) atoms. The molecule has 2 aromatic rings. The van der Waals surface area contributed by atoms with Crippen LogP contribution in [0.5, 0.6) is 0 Å². The molecule has 0 aromatic heterocycles. The summed E-state index contributed by atoms with van der Waals surface area (Å²) in [4.78, 5) is 39.9. The minimum absolute atomic E-state index is 0.148. The van der Waals surface area contributed by atoms with Gasteiger partial charge in [0.25, 0.3) is 0 Å². The van der Waals surface area contributed by atoms with Gasteiger partial charge in [0.1, 0.15) is 0 Å². The van der Waals surface area contributed by atoms with Gasteiger partial charge in [-0.05, 0) is 36.2 Å². The van der Waals surface area contributed by atoms with Crippen LogP contribution < -0.4 is 15.5 Å². The molecule has 7 nitrogen and oxygen atoms in total. The number of nitrogens with zero attached hydrogens (tertiary/aromatic N) is 1. The number of hydrogen-bond acceptors (Lipinski definition) is 5. The number of carbonyl (C=O) groups excluding carboxylic acids is 3. The van der Waals surface area contributed by atoms with E-state index in [-0.39, 0.29) is 18.2 Å². The number of carbonyl (C=O) groups is 3. The molecule has 2 saturated heterocycles. The molecule has 2 amide bonds. The third-order valence-electron chi connectivity index (χ3n) is 5.48. The van der Waals surface area contributed by atoms with Crippen LogP contribution in [0.2, 0.25) is 0 Å². The van der Waals surface area contributed by atoms with Crippen LogP contribution in [0.25, 0.3) is 0 Å². The summed E-state index contributed by atoms with van der Waals surface area (Å²) in [5, 5.41) is 5.53. The van der Waals surface area contributed by atoms with Crippen molar-refractivity contribution < 1.29 is 19.1 Å². The fourth-order valence-electron chi connectivity index (χ4n) is 3.92. The number of Topliss-reactive ketones (excluding diaryl/α,β-unsaturated/α-hetero) is 1. The Kier molecular flexibility index (Phi) is 6.09. The van der Waals surface area contributed by atoms with Crippen LogP contribution in [0.4, 0.5) is 11.4 Å². The van der Waals surface area contributed by atoms with E-state index in [0.717, 1.165) is 24.3 Å². The molecule has 0 bridgehead atoms. The highest BCUT2D eigenvalue weighted by Crippen LogP contribution is 2.21. The van der Waals surface area contributed by atoms with Gasteiger partial charge in [-0.3, -0.25) is 14.4 Å². The molecule has 2 aliphatic rings. The summed E-state index contributed by atoms with van der Waals surface area (Å²) in [5.74, 6) is -2.78. The molecule has 0 aliphatic carbocycles. The van der Waals surface area contributed by atoms with Crippen molar-refractivity contribution in [3.05, 3.63) is 60.2 Å². The first-order valence-corrected chi connectivity index (χ1v) is 10.2. The van der Waals surface area contributed by atoms with Crippen LogP contribution in [0.1, 0.15) is 12.0 Å². The fraction of sp³-hybridized carbons (Fsp3) is 0.348. The van der Waals surface area contributed by atoms with Gasteiger partial charge in [0, 0.05) is 36.9 Å². The summed E-state index contributed by atoms with van der Waals surface area (Å²) in [6.07, 6.45) is 0.713. The second-order valence-electron chi connectivity index (χ2n) is 7.63. The Balaban J connectivity index is 1.35. The molecule has 2 atom stereocenters. The van der Waals surface area contributed by atoms with Crippen molar-refractivity contribution >= 4 is 29.0 Å². The van der Waals surface area contributed by atoms with Gasteiger partial charge in [-0.25, -0.2) is 0 Å². The maximum atomic E-state index is 12.6. The van der Waals surface area contributed by atoms with Gasteiger partial charge in [-0.15, -0.1) is 0 Å². The van der Waals surface area contributed by atoms with Crippen LogP contribution >= 0.6 is 0 Å². The maximum Gasteiger partial charge on any atom is 0.244 e. The molecule has 2 heterocycles. The third-order valence-corrected chi connectivity index (χ3v) is 5.48. The largest absolute Gasteiger partial charge is 0.378 e. The molecule has 0 radical (unpaired) electrons. The number of amides is 2. The maximum absolute atomic E-state index is 12.6. The van der Waals surface area contributed by atoms with Crippen LogP contribution in [-0.2, 0) is 25.5 Å². The third kappa shape index (κ3) is 4.68. The lowest BCUT2D eigenvalue weighted by atomic mass is 9.89. The van der Waals surface area contributed by atoms with Gasteiger partial charge in [-0.1, -0.05) is 30.3 Å².